The Balaban J connectivity index is 1.84. The second kappa shape index (κ2) is 9.49. The van der Waals surface area contributed by atoms with Gasteiger partial charge in [-0.25, -0.2) is 9.48 Å². The zero-order chi connectivity index (χ0) is 22.5. The van der Waals surface area contributed by atoms with E-state index < -0.39 is 5.97 Å². The SMILES string of the molecule is CCOC(=O)/C=c1/[nH]c(=O)/c(=C\c2cn(-c3ccccc3)nc2-c2ccc(OC)cc2)s1. The Hall–Kier alpha value is -3.91. The van der Waals surface area contributed by atoms with Crippen LogP contribution in [0, 0.1) is 0 Å². The molecule has 0 fully saturated rings. The Morgan fingerprint density at radius 1 is 1.16 bits per heavy atom. The van der Waals surface area contributed by atoms with Crippen LogP contribution in [0.3, 0.4) is 0 Å². The Morgan fingerprint density at radius 2 is 1.91 bits per heavy atom. The molecule has 0 saturated carbocycles. The molecule has 8 heteroatoms. The number of hydrogen-bond donors (Lipinski definition) is 1. The van der Waals surface area contributed by atoms with Crippen molar-refractivity contribution in [1.82, 2.24) is 14.8 Å². The molecule has 0 saturated heterocycles. The van der Waals surface area contributed by atoms with Crippen LogP contribution in [0.5, 0.6) is 5.75 Å². The van der Waals surface area contributed by atoms with Crippen molar-refractivity contribution in [2.24, 2.45) is 0 Å². The van der Waals surface area contributed by atoms with E-state index in [9.17, 15) is 9.59 Å². The van der Waals surface area contributed by atoms with E-state index in [1.165, 1.54) is 17.4 Å². The second-order valence-electron chi connectivity index (χ2n) is 6.77. The summed E-state index contributed by atoms with van der Waals surface area (Å²) in [5.41, 5.74) is 3.00. The molecular weight excluding hydrogens is 426 g/mol. The summed E-state index contributed by atoms with van der Waals surface area (Å²) in [7, 11) is 1.62. The average Bonchev–Trinajstić information content (AvgIpc) is 3.38. The van der Waals surface area contributed by atoms with Crippen LogP contribution >= 0.6 is 11.3 Å². The molecule has 0 aliphatic rings. The van der Waals surface area contributed by atoms with Crippen molar-refractivity contribution in [2.75, 3.05) is 13.7 Å². The number of aromatic amines is 1. The fourth-order valence-corrected chi connectivity index (χ4v) is 4.00. The fraction of sp³-hybridized carbons (Fsp3) is 0.125. The molecule has 0 aliphatic heterocycles. The van der Waals surface area contributed by atoms with Gasteiger partial charge in [0.1, 0.15) is 16.1 Å². The summed E-state index contributed by atoms with van der Waals surface area (Å²) in [5, 5.41) is 4.77. The Kier molecular flexibility index (Phi) is 6.32. The minimum atomic E-state index is -0.493. The summed E-state index contributed by atoms with van der Waals surface area (Å²) in [6, 6.07) is 17.3. The molecule has 1 N–H and O–H groups in total. The first-order valence-electron chi connectivity index (χ1n) is 9.96. The number of nitrogens with zero attached hydrogens (tertiary/aromatic N) is 2. The van der Waals surface area contributed by atoms with E-state index in [0.717, 1.165) is 28.3 Å². The first kappa shape index (κ1) is 21.3. The number of benzene rings is 2. The zero-order valence-corrected chi connectivity index (χ0v) is 18.4. The van der Waals surface area contributed by atoms with Gasteiger partial charge in [-0.1, -0.05) is 18.2 Å². The van der Waals surface area contributed by atoms with Gasteiger partial charge in [0.15, 0.2) is 0 Å². The number of hydrogen-bond acceptors (Lipinski definition) is 6. The minimum absolute atomic E-state index is 0.272. The third kappa shape index (κ3) is 4.70. The molecule has 32 heavy (non-hydrogen) atoms. The van der Waals surface area contributed by atoms with Gasteiger partial charge in [-0.3, -0.25) is 4.79 Å². The van der Waals surface area contributed by atoms with Crippen molar-refractivity contribution in [3.8, 4) is 22.7 Å². The number of methoxy groups -OCH3 is 1. The van der Waals surface area contributed by atoms with Gasteiger partial charge in [-0.2, -0.15) is 5.10 Å². The smallest absolute Gasteiger partial charge is 0.333 e. The van der Waals surface area contributed by atoms with Crippen molar-refractivity contribution in [2.45, 2.75) is 6.92 Å². The van der Waals surface area contributed by atoms with E-state index in [2.05, 4.69) is 4.98 Å². The molecular formula is C24H21N3O4S. The summed E-state index contributed by atoms with van der Waals surface area (Å²) < 4.78 is 12.8. The van der Waals surface area contributed by atoms with Crippen LogP contribution in [0.2, 0.25) is 0 Å². The lowest BCUT2D eigenvalue weighted by atomic mass is 10.1. The zero-order valence-electron chi connectivity index (χ0n) is 17.6. The number of para-hydroxylation sites is 1. The van der Waals surface area contributed by atoms with Gasteiger partial charge in [-0.05, 0) is 49.4 Å². The van der Waals surface area contributed by atoms with Gasteiger partial charge in [0.25, 0.3) is 5.56 Å². The molecule has 0 bridgehead atoms. The number of esters is 1. The highest BCUT2D eigenvalue weighted by molar-refractivity contribution is 7.07. The normalized spacial score (nSPS) is 12.2. The van der Waals surface area contributed by atoms with Crippen LogP contribution in [0.25, 0.3) is 29.1 Å². The van der Waals surface area contributed by atoms with Gasteiger partial charge in [0.2, 0.25) is 0 Å². The molecule has 4 aromatic rings. The first-order chi connectivity index (χ1) is 15.6. The number of nitrogens with one attached hydrogen (secondary N) is 1. The number of carbonyl (C=O) groups excluding carboxylic acids is 1. The molecule has 0 spiro atoms. The molecule has 162 valence electrons. The fourth-order valence-electron chi connectivity index (χ4n) is 3.14. The van der Waals surface area contributed by atoms with Crippen molar-refractivity contribution in [3.63, 3.8) is 0 Å². The topological polar surface area (TPSA) is 86.2 Å². The maximum Gasteiger partial charge on any atom is 0.333 e. The lowest BCUT2D eigenvalue weighted by Gasteiger charge is -2.02. The molecule has 0 unspecified atom stereocenters. The monoisotopic (exact) mass is 447 g/mol. The van der Waals surface area contributed by atoms with E-state index in [1.54, 1.807) is 24.8 Å². The van der Waals surface area contributed by atoms with Gasteiger partial charge >= 0.3 is 5.97 Å². The molecule has 2 aromatic carbocycles. The predicted octanol–water partition coefficient (Wildman–Crippen LogP) is 2.47. The highest BCUT2D eigenvalue weighted by Gasteiger charge is 2.12. The van der Waals surface area contributed by atoms with Crippen LogP contribution in [0.1, 0.15) is 12.5 Å². The Bertz CT molecular complexity index is 1400. The maximum absolute atomic E-state index is 12.5. The summed E-state index contributed by atoms with van der Waals surface area (Å²) in [4.78, 5) is 26.9. The standard InChI is InChI=1S/C24H21N3O4S/c1-3-31-22(28)14-21-25-24(29)20(32-21)13-17-15-27(18-7-5-4-6-8-18)26-23(17)16-9-11-19(30-2)12-10-16/h4-15H,3H2,1-2H3,(H,25,29)/b20-13+,21-14-. The summed E-state index contributed by atoms with van der Waals surface area (Å²) in [5.74, 6) is 0.253. The summed E-state index contributed by atoms with van der Waals surface area (Å²) >= 11 is 1.19. The van der Waals surface area contributed by atoms with Gasteiger partial charge in [0.05, 0.1) is 30.0 Å². The molecule has 2 aromatic heterocycles. The number of thiazole rings is 1. The molecule has 0 atom stereocenters. The second-order valence-corrected chi connectivity index (χ2v) is 7.85. The highest BCUT2D eigenvalue weighted by Crippen LogP contribution is 2.26. The summed E-state index contributed by atoms with van der Waals surface area (Å²) in [6.07, 6.45) is 4.94. The predicted molar refractivity (Wildman–Crippen MR) is 124 cm³/mol. The van der Waals surface area contributed by atoms with E-state index in [1.807, 2.05) is 60.8 Å². The van der Waals surface area contributed by atoms with Crippen LogP contribution < -0.4 is 19.5 Å². The molecule has 4 rings (SSSR count). The van der Waals surface area contributed by atoms with Gasteiger partial charge < -0.3 is 14.5 Å². The number of carbonyl (C=O) groups is 1. The van der Waals surface area contributed by atoms with Crippen LogP contribution in [-0.4, -0.2) is 34.5 Å². The van der Waals surface area contributed by atoms with Crippen LogP contribution in [-0.2, 0) is 9.53 Å². The van der Waals surface area contributed by atoms with Crippen molar-refractivity contribution in [1.29, 1.82) is 0 Å². The molecule has 7 nitrogen and oxygen atoms in total. The third-order valence-corrected chi connectivity index (χ3v) is 5.59. The Labute approximate surface area is 187 Å². The molecule has 2 heterocycles. The first-order valence-corrected chi connectivity index (χ1v) is 10.8. The van der Waals surface area contributed by atoms with Crippen molar-refractivity contribution < 1.29 is 14.3 Å². The highest BCUT2D eigenvalue weighted by atomic mass is 32.1. The maximum atomic E-state index is 12.5. The largest absolute Gasteiger partial charge is 0.497 e. The summed E-state index contributed by atoms with van der Waals surface area (Å²) in [6.45, 7) is 2.00. The minimum Gasteiger partial charge on any atom is -0.497 e. The van der Waals surface area contributed by atoms with Crippen LogP contribution in [0.4, 0.5) is 0 Å². The average molecular weight is 448 g/mol. The van der Waals surface area contributed by atoms with Crippen molar-refractivity contribution >= 4 is 29.5 Å². The van der Waals surface area contributed by atoms with E-state index in [4.69, 9.17) is 14.6 Å². The van der Waals surface area contributed by atoms with Crippen LogP contribution in [0.15, 0.2) is 65.6 Å². The Morgan fingerprint density at radius 3 is 2.59 bits per heavy atom. The molecule has 0 aliphatic carbocycles. The number of aromatic nitrogens is 3. The van der Waals surface area contributed by atoms with E-state index in [-0.39, 0.29) is 12.2 Å². The third-order valence-electron chi connectivity index (χ3n) is 4.63. The van der Waals surface area contributed by atoms with Gasteiger partial charge in [-0.15, -0.1) is 11.3 Å². The number of H-pyrrole nitrogens is 1. The van der Waals surface area contributed by atoms with E-state index in [0.29, 0.717) is 9.20 Å². The quantitative estimate of drug-likeness (QED) is 0.459. The van der Waals surface area contributed by atoms with Crippen molar-refractivity contribution in [3.05, 3.63) is 85.9 Å². The lowest BCUT2D eigenvalue weighted by Crippen LogP contribution is -2.20. The lowest BCUT2D eigenvalue weighted by molar-refractivity contribution is -0.135. The molecule has 0 amide bonds. The number of rotatable bonds is 6. The molecule has 0 radical (unpaired) electrons. The van der Waals surface area contributed by atoms with Gasteiger partial charge in [0, 0.05) is 17.3 Å². The van der Waals surface area contributed by atoms with E-state index >= 15 is 0 Å². The number of ether oxygens (including phenoxy) is 2.